The Hall–Kier alpha value is -7.23. The number of nitrogens with zero attached hydrogens (tertiary/aromatic N) is 6. The van der Waals surface area contributed by atoms with Crippen molar-refractivity contribution in [2.45, 2.75) is 117 Å². The molecule has 0 spiro atoms. The van der Waals surface area contributed by atoms with Crippen LogP contribution in [0, 0.1) is 0 Å². The molecule has 4 aromatic rings. The molecular formula is C48H60N6O15. The Morgan fingerprint density at radius 1 is 0.377 bits per heavy atom. The Labute approximate surface area is 397 Å². The zero-order valence-electron chi connectivity index (χ0n) is 38.4. The number of unbranched alkanes of at least 4 members (excludes halogenated alkanes) is 3. The van der Waals surface area contributed by atoms with Gasteiger partial charge in [0.05, 0.1) is 19.3 Å². The fourth-order valence-electron chi connectivity index (χ4n) is 6.81. The van der Waals surface area contributed by atoms with Gasteiger partial charge in [-0.25, -0.2) is 43.3 Å². The molecule has 3 aromatic carbocycles. The van der Waals surface area contributed by atoms with Gasteiger partial charge >= 0.3 is 35.0 Å². The van der Waals surface area contributed by atoms with Crippen LogP contribution in [0.5, 0.6) is 0 Å². The molecule has 4 rings (SSSR count). The number of benzene rings is 3. The highest BCUT2D eigenvalue weighted by Gasteiger charge is 2.21. The summed E-state index contributed by atoms with van der Waals surface area (Å²) < 4.78 is 2.74. The Morgan fingerprint density at radius 2 is 0.623 bits per heavy atom. The van der Waals surface area contributed by atoms with Gasteiger partial charge in [-0.3, -0.25) is 43.3 Å². The highest BCUT2D eigenvalue weighted by Crippen LogP contribution is 2.12. The van der Waals surface area contributed by atoms with Crippen LogP contribution in [0.1, 0.15) is 93.7 Å². The molecule has 21 nitrogen and oxygen atoms in total. The molecule has 21 heteroatoms. The Bertz CT molecular complexity index is 2160. The maximum atomic E-state index is 14.0. The fraction of sp³-hybridized carbons (Fsp3) is 0.438. The summed E-state index contributed by atoms with van der Waals surface area (Å²) in [7, 11) is 0. The van der Waals surface area contributed by atoms with E-state index in [9.17, 15) is 43.2 Å². The van der Waals surface area contributed by atoms with Crippen molar-refractivity contribution < 1.29 is 58.6 Å². The highest BCUT2D eigenvalue weighted by atomic mass is 16.7. The zero-order valence-corrected chi connectivity index (χ0v) is 38.4. The van der Waals surface area contributed by atoms with Crippen LogP contribution >= 0.6 is 0 Å². The molecule has 0 saturated heterocycles. The summed E-state index contributed by atoms with van der Waals surface area (Å²) in [6.07, 6.45) is -1.11. The van der Waals surface area contributed by atoms with E-state index in [0.29, 0.717) is 0 Å². The van der Waals surface area contributed by atoms with Gasteiger partial charge in [0.2, 0.25) is 17.7 Å². The van der Waals surface area contributed by atoms with E-state index >= 15 is 0 Å². The number of carbonyl (C=O) groups excluding carboxylic acids is 3. The zero-order chi connectivity index (χ0) is 50.0. The maximum Gasteiger partial charge on any atom is 0.336 e. The number of aliphatic carboxylic acids is 3. The van der Waals surface area contributed by atoms with Gasteiger partial charge in [0, 0.05) is 58.5 Å². The fourth-order valence-corrected chi connectivity index (χ4v) is 6.81. The molecule has 1 aromatic heterocycles. The van der Waals surface area contributed by atoms with Crippen molar-refractivity contribution in [3.05, 3.63) is 139 Å². The number of amides is 3. The quantitative estimate of drug-likeness (QED) is 0.0450. The lowest BCUT2D eigenvalue weighted by Gasteiger charge is -2.22. The number of carbonyl (C=O) groups is 6. The molecule has 0 unspecified atom stereocenters. The third-order valence-electron chi connectivity index (χ3n) is 10.5. The van der Waals surface area contributed by atoms with E-state index in [1.165, 1.54) is 0 Å². The molecule has 0 aliphatic rings. The lowest BCUT2D eigenvalue weighted by molar-refractivity contribution is -0.192. The van der Waals surface area contributed by atoms with E-state index < -0.39 is 72.0 Å². The van der Waals surface area contributed by atoms with Gasteiger partial charge in [0.1, 0.15) is 19.8 Å². The number of hydrogen-bond donors (Lipinski definition) is 3. The first kappa shape index (κ1) is 54.4. The third kappa shape index (κ3) is 19.5. The van der Waals surface area contributed by atoms with E-state index in [1.54, 1.807) is 72.8 Å². The average Bonchev–Trinajstić information content (AvgIpc) is 3.34. The highest BCUT2D eigenvalue weighted by molar-refractivity contribution is 5.81. The molecule has 3 amide bonds. The van der Waals surface area contributed by atoms with Crippen LogP contribution in [0.2, 0.25) is 0 Å². The Balaban J connectivity index is 1.52. The summed E-state index contributed by atoms with van der Waals surface area (Å²) in [6.45, 7) is -0.465. The first-order chi connectivity index (χ1) is 33.2. The Kier molecular flexibility index (Phi) is 23.3. The molecule has 3 N–H and O–H groups in total. The minimum absolute atomic E-state index is 0.00404. The molecule has 0 fully saturated rings. The lowest BCUT2D eigenvalue weighted by atomic mass is 10.2. The van der Waals surface area contributed by atoms with Gasteiger partial charge < -0.3 is 15.3 Å². The second kappa shape index (κ2) is 29.5. The molecule has 0 aliphatic carbocycles. The molecule has 1 heterocycles. The summed E-state index contributed by atoms with van der Waals surface area (Å²) in [5, 5.41) is 30.7. The largest absolute Gasteiger partial charge is 0.481 e. The Morgan fingerprint density at radius 3 is 0.855 bits per heavy atom. The van der Waals surface area contributed by atoms with Crippen molar-refractivity contribution in [2.75, 3.05) is 19.6 Å². The second-order valence-corrected chi connectivity index (χ2v) is 15.9. The normalized spacial score (nSPS) is 11.0. The molecule has 0 radical (unpaired) electrons. The van der Waals surface area contributed by atoms with Crippen LogP contribution in [0.4, 0.5) is 0 Å². The SMILES string of the molecule is O=C(O)CCC(=O)N(CCCCn1c(=O)n(CCCCN(OCc2ccccc2)C(=O)CCC(=O)O)c(=O)n(CCCCN(OCc2ccccc2)C(=O)CCC(=O)O)c1=O)OCc1ccccc1. The molecule has 0 bridgehead atoms. The second-order valence-electron chi connectivity index (χ2n) is 15.9. The van der Waals surface area contributed by atoms with E-state index in [0.717, 1.165) is 45.6 Å². The van der Waals surface area contributed by atoms with Crippen LogP contribution < -0.4 is 17.1 Å². The molecule has 0 atom stereocenters. The molecule has 69 heavy (non-hydrogen) atoms. The van der Waals surface area contributed by atoms with Crippen molar-refractivity contribution in [3.63, 3.8) is 0 Å². The van der Waals surface area contributed by atoms with Gasteiger partial charge in [-0.05, 0) is 55.2 Å². The van der Waals surface area contributed by atoms with Crippen molar-refractivity contribution in [1.82, 2.24) is 28.9 Å². The molecule has 372 valence electrons. The summed E-state index contributed by atoms with van der Waals surface area (Å²) >= 11 is 0. The van der Waals surface area contributed by atoms with E-state index in [2.05, 4.69) is 0 Å². The number of hydroxylamine groups is 6. The summed E-state index contributed by atoms with van der Waals surface area (Å²) in [4.78, 5) is 132. The van der Waals surface area contributed by atoms with Gasteiger partial charge in [0.25, 0.3) is 0 Å². The first-order valence-corrected chi connectivity index (χ1v) is 22.7. The maximum absolute atomic E-state index is 14.0. The van der Waals surface area contributed by atoms with Crippen molar-refractivity contribution in [3.8, 4) is 0 Å². The topological polar surface area (TPSA) is 267 Å². The number of aromatic nitrogens is 3. The third-order valence-corrected chi connectivity index (χ3v) is 10.5. The van der Waals surface area contributed by atoms with E-state index in [1.807, 2.05) is 18.2 Å². The minimum Gasteiger partial charge on any atom is -0.481 e. The van der Waals surface area contributed by atoms with E-state index in [4.69, 9.17) is 29.8 Å². The van der Waals surface area contributed by atoms with Crippen molar-refractivity contribution in [2.24, 2.45) is 0 Å². The predicted molar refractivity (Wildman–Crippen MR) is 246 cm³/mol. The smallest absolute Gasteiger partial charge is 0.336 e. The predicted octanol–water partition coefficient (Wildman–Crippen LogP) is 3.99. The van der Waals surface area contributed by atoms with Gasteiger partial charge in [-0.15, -0.1) is 0 Å². The van der Waals surface area contributed by atoms with Crippen LogP contribution in [-0.2, 0) is 82.7 Å². The van der Waals surface area contributed by atoms with Gasteiger partial charge in [-0.1, -0.05) is 91.0 Å². The number of hydrogen-bond acceptors (Lipinski definition) is 12. The van der Waals surface area contributed by atoms with Gasteiger partial charge in [0.15, 0.2) is 0 Å². The number of carboxylic acid groups (broad SMARTS) is 3. The van der Waals surface area contributed by atoms with Crippen molar-refractivity contribution >= 4 is 35.6 Å². The van der Waals surface area contributed by atoms with Crippen LogP contribution in [0.3, 0.4) is 0 Å². The standard InChI is InChI=1S/C48H60N6O15/c55-40(22-25-43(58)59)52(67-34-37-16-4-1-5-17-37)31-13-10-28-49-46(64)50(29-11-14-32-53(41(56)23-26-44(60)61)68-35-38-18-6-2-7-19-38)48(66)51(47(49)65)30-12-15-33-54(42(57)24-27-45(62)63)69-36-39-20-8-3-9-21-39/h1-9,16-21H,10-15,22-36H2,(H,58,59)(H,60,61)(H,62,63). The molecular weight excluding hydrogens is 901 g/mol. The van der Waals surface area contributed by atoms with E-state index in [-0.39, 0.29) is 117 Å². The monoisotopic (exact) mass is 960 g/mol. The van der Waals surface area contributed by atoms with Gasteiger partial charge in [-0.2, -0.15) is 0 Å². The summed E-state index contributed by atoms with van der Waals surface area (Å²) in [5.41, 5.74) is -0.396. The van der Waals surface area contributed by atoms with Crippen LogP contribution in [0.15, 0.2) is 105 Å². The minimum atomic E-state index is -1.16. The molecule has 0 saturated carbocycles. The van der Waals surface area contributed by atoms with Crippen molar-refractivity contribution in [1.29, 1.82) is 0 Å². The first-order valence-electron chi connectivity index (χ1n) is 22.7. The average molecular weight is 961 g/mol. The summed E-state index contributed by atoms with van der Waals surface area (Å²) in [5.74, 6) is -5.18. The lowest BCUT2D eigenvalue weighted by Crippen LogP contribution is -2.54. The summed E-state index contributed by atoms with van der Waals surface area (Å²) in [6, 6.07) is 27.0. The number of rotatable bonds is 33. The molecule has 0 aliphatic heterocycles. The van der Waals surface area contributed by atoms with Crippen LogP contribution in [-0.4, -0.2) is 99.5 Å². The van der Waals surface area contributed by atoms with Crippen LogP contribution in [0.25, 0.3) is 0 Å². The number of carboxylic acids is 3.